The monoisotopic (exact) mass is 248 g/mol. The molecule has 0 aliphatic rings. The summed E-state index contributed by atoms with van der Waals surface area (Å²) in [6.07, 6.45) is 0.734. The van der Waals surface area contributed by atoms with Crippen molar-refractivity contribution >= 4 is 11.8 Å². The van der Waals surface area contributed by atoms with Crippen molar-refractivity contribution in [2.45, 2.75) is 20.3 Å². The average Bonchev–Trinajstić information content (AvgIpc) is 2.41. The van der Waals surface area contributed by atoms with Gasteiger partial charge in [-0.3, -0.25) is 9.59 Å². The molecule has 1 rings (SSSR count). The molecular weight excluding hydrogens is 228 g/mol. The number of benzene rings is 1. The minimum atomic E-state index is -0.519. The van der Waals surface area contributed by atoms with Crippen LogP contribution in [0.25, 0.3) is 0 Å². The third-order valence-electron chi connectivity index (χ3n) is 2.79. The second-order valence-electron chi connectivity index (χ2n) is 3.97. The van der Waals surface area contributed by atoms with E-state index in [9.17, 15) is 9.59 Å². The number of amides is 2. The quantitative estimate of drug-likeness (QED) is 0.796. The van der Waals surface area contributed by atoms with Gasteiger partial charge in [0, 0.05) is 19.6 Å². The van der Waals surface area contributed by atoms with E-state index in [1.54, 1.807) is 0 Å². The Morgan fingerprint density at radius 3 is 2.28 bits per heavy atom. The third kappa shape index (κ3) is 4.20. The highest BCUT2D eigenvalue weighted by Gasteiger charge is 2.18. The van der Waals surface area contributed by atoms with E-state index >= 15 is 0 Å². The zero-order valence-corrected chi connectivity index (χ0v) is 11.0. The SMILES string of the molecule is CCN(CC)C(=O)C(=O)NCCc1ccccc1. The zero-order valence-electron chi connectivity index (χ0n) is 11.0. The highest BCUT2D eigenvalue weighted by molar-refractivity contribution is 6.34. The smallest absolute Gasteiger partial charge is 0.311 e. The summed E-state index contributed by atoms with van der Waals surface area (Å²) in [5, 5.41) is 2.65. The molecule has 0 bridgehead atoms. The van der Waals surface area contributed by atoms with Crippen molar-refractivity contribution in [1.82, 2.24) is 10.2 Å². The second kappa shape index (κ2) is 7.48. The third-order valence-corrected chi connectivity index (χ3v) is 2.79. The van der Waals surface area contributed by atoms with Gasteiger partial charge in [0.15, 0.2) is 0 Å². The Labute approximate surface area is 108 Å². The van der Waals surface area contributed by atoms with Gasteiger partial charge in [-0.2, -0.15) is 0 Å². The Morgan fingerprint density at radius 2 is 1.72 bits per heavy atom. The lowest BCUT2D eigenvalue weighted by atomic mass is 10.1. The fraction of sp³-hybridized carbons (Fsp3) is 0.429. The molecule has 98 valence electrons. The molecule has 0 radical (unpaired) electrons. The van der Waals surface area contributed by atoms with E-state index in [0.717, 1.165) is 12.0 Å². The van der Waals surface area contributed by atoms with Gasteiger partial charge < -0.3 is 10.2 Å². The predicted molar refractivity (Wildman–Crippen MR) is 71.1 cm³/mol. The maximum Gasteiger partial charge on any atom is 0.311 e. The van der Waals surface area contributed by atoms with Crippen LogP contribution in [0.5, 0.6) is 0 Å². The van der Waals surface area contributed by atoms with Crippen LogP contribution in [0.2, 0.25) is 0 Å². The van der Waals surface area contributed by atoms with Crippen molar-refractivity contribution in [2.75, 3.05) is 19.6 Å². The van der Waals surface area contributed by atoms with Crippen LogP contribution in [-0.4, -0.2) is 36.3 Å². The Balaban J connectivity index is 2.35. The first-order valence-electron chi connectivity index (χ1n) is 6.30. The van der Waals surface area contributed by atoms with Gasteiger partial charge in [-0.1, -0.05) is 30.3 Å². The molecule has 1 aromatic rings. The van der Waals surface area contributed by atoms with E-state index in [4.69, 9.17) is 0 Å². The second-order valence-corrected chi connectivity index (χ2v) is 3.97. The summed E-state index contributed by atoms with van der Waals surface area (Å²) in [6, 6.07) is 9.86. The van der Waals surface area contributed by atoms with Crippen molar-refractivity contribution in [1.29, 1.82) is 0 Å². The molecule has 0 atom stereocenters. The normalized spacial score (nSPS) is 9.89. The van der Waals surface area contributed by atoms with Crippen molar-refractivity contribution in [3.05, 3.63) is 35.9 Å². The summed E-state index contributed by atoms with van der Waals surface area (Å²) in [5.41, 5.74) is 1.15. The topological polar surface area (TPSA) is 49.4 Å². The molecule has 0 fully saturated rings. The van der Waals surface area contributed by atoms with Crippen molar-refractivity contribution < 1.29 is 9.59 Å². The van der Waals surface area contributed by atoms with Crippen LogP contribution in [0.15, 0.2) is 30.3 Å². The van der Waals surface area contributed by atoms with Crippen LogP contribution in [0.1, 0.15) is 19.4 Å². The summed E-state index contributed by atoms with van der Waals surface area (Å²) >= 11 is 0. The Bertz CT molecular complexity index is 386. The van der Waals surface area contributed by atoms with Gasteiger partial charge >= 0.3 is 11.8 Å². The van der Waals surface area contributed by atoms with Crippen LogP contribution >= 0.6 is 0 Å². The van der Waals surface area contributed by atoms with E-state index in [1.165, 1.54) is 4.90 Å². The standard InChI is InChI=1S/C14H20N2O2/c1-3-16(4-2)14(18)13(17)15-11-10-12-8-6-5-7-9-12/h5-9H,3-4,10-11H2,1-2H3,(H,15,17). The number of likely N-dealkylation sites (N-methyl/N-ethyl adjacent to an activating group) is 1. The molecule has 0 spiro atoms. The molecule has 0 heterocycles. The predicted octanol–water partition coefficient (Wildman–Crippen LogP) is 1.21. The van der Waals surface area contributed by atoms with Gasteiger partial charge in [0.05, 0.1) is 0 Å². The number of carbonyl (C=O) groups is 2. The van der Waals surface area contributed by atoms with E-state index in [0.29, 0.717) is 19.6 Å². The van der Waals surface area contributed by atoms with Crippen LogP contribution in [0, 0.1) is 0 Å². The summed E-state index contributed by atoms with van der Waals surface area (Å²) in [4.78, 5) is 24.8. The number of nitrogens with one attached hydrogen (secondary N) is 1. The van der Waals surface area contributed by atoms with Gasteiger partial charge in [0.25, 0.3) is 0 Å². The van der Waals surface area contributed by atoms with E-state index in [1.807, 2.05) is 44.2 Å². The molecule has 4 nitrogen and oxygen atoms in total. The summed E-state index contributed by atoms with van der Waals surface area (Å²) in [7, 11) is 0. The van der Waals surface area contributed by atoms with Crippen LogP contribution < -0.4 is 5.32 Å². The van der Waals surface area contributed by atoms with Crippen LogP contribution in [0.4, 0.5) is 0 Å². The number of hydrogen-bond acceptors (Lipinski definition) is 2. The lowest BCUT2D eigenvalue weighted by Crippen LogP contribution is -2.43. The Kier molecular flexibility index (Phi) is 5.91. The molecule has 2 amide bonds. The van der Waals surface area contributed by atoms with Gasteiger partial charge in [-0.05, 0) is 25.8 Å². The van der Waals surface area contributed by atoms with Gasteiger partial charge in [-0.25, -0.2) is 0 Å². The lowest BCUT2D eigenvalue weighted by molar-refractivity contribution is -0.145. The lowest BCUT2D eigenvalue weighted by Gasteiger charge is -2.17. The highest BCUT2D eigenvalue weighted by atomic mass is 16.2. The van der Waals surface area contributed by atoms with E-state index in [-0.39, 0.29) is 0 Å². The maximum atomic E-state index is 11.7. The van der Waals surface area contributed by atoms with Crippen molar-refractivity contribution in [2.24, 2.45) is 0 Å². The summed E-state index contributed by atoms with van der Waals surface area (Å²) in [5.74, 6) is -0.970. The van der Waals surface area contributed by atoms with Crippen molar-refractivity contribution in [3.63, 3.8) is 0 Å². The van der Waals surface area contributed by atoms with E-state index in [2.05, 4.69) is 5.32 Å². The van der Waals surface area contributed by atoms with Gasteiger partial charge in [0.2, 0.25) is 0 Å². The molecule has 1 N–H and O–H groups in total. The Hall–Kier alpha value is -1.84. The molecule has 0 saturated carbocycles. The molecule has 0 aliphatic heterocycles. The van der Waals surface area contributed by atoms with Gasteiger partial charge in [0.1, 0.15) is 0 Å². The van der Waals surface area contributed by atoms with Crippen LogP contribution in [0.3, 0.4) is 0 Å². The summed E-state index contributed by atoms with van der Waals surface area (Å²) in [6.45, 7) is 5.32. The number of nitrogens with zero attached hydrogens (tertiary/aromatic N) is 1. The molecular formula is C14H20N2O2. The molecule has 0 saturated heterocycles. The Morgan fingerprint density at radius 1 is 1.11 bits per heavy atom. The fourth-order valence-electron chi connectivity index (χ4n) is 1.70. The summed E-state index contributed by atoms with van der Waals surface area (Å²) < 4.78 is 0. The maximum absolute atomic E-state index is 11.7. The van der Waals surface area contributed by atoms with Crippen molar-refractivity contribution in [3.8, 4) is 0 Å². The minimum absolute atomic E-state index is 0.451. The minimum Gasteiger partial charge on any atom is -0.347 e. The number of hydrogen-bond donors (Lipinski definition) is 1. The number of carbonyl (C=O) groups excluding carboxylic acids is 2. The first kappa shape index (κ1) is 14.2. The molecule has 0 aromatic heterocycles. The molecule has 0 aliphatic carbocycles. The fourth-order valence-corrected chi connectivity index (χ4v) is 1.70. The van der Waals surface area contributed by atoms with E-state index < -0.39 is 11.8 Å². The van der Waals surface area contributed by atoms with Crippen LogP contribution in [-0.2, 0) is 16.0 Å². The molecule has 0 unspecified atom stereocenters. The average molecular weight is 248 g/mol. The van der Waals surface area contributed by atoms with Gasteiger partial charge in [-0.15, -0.1) is 0 Å². The first-order valence-corrected chi connectivity index (χ1v) is 6.30. The molecule has 18 heavy (non-hydrogen) atoms. The molecule has 4 heteroatoms. The zero-order chi connectivity index (χ0) is 13.4. The highest BCUT2D eigenvalue weighted by Crippen LogP contribution is 1.98. The first-order chi connectivity index (χ1) is 8.69. The largest absolute Gasteiger partial charge is 0.347 e. The molecule has 1 aromatic carbocycles. The number of rotatable bonds is 5.